The van der Waals surface area contributed by atoms with Crippen LogP contribution in [0.1, 0.15) is 36.6 Å². The van der Waals surface area contributed by atoms with Crippen molar-refractivity contribution < 1.29 is 31.5 Å². The predicted molar refractivity (Wildman–Crippen MR) is 87.3 cm³/mol. The van der Waals surface area contributed by atoms with E-state index in [2.05, 4.69) is 20.0 Å². The summed E-state index contributed by atoms with van der Waals surface area (Å²) in [5.41, 5.74) is 0.487. The number of benzene rings is 1. The van der Waals surface area contributed by atoms with Gasteiger partial charge < -0.3 is 10.1 Å². The molecule has 0 unspecified atom stereocenters. The summed E-state index contributed by atoms with van der Waals surface area (Å²) in [5, 5.41) is 2.69. The molecular formula is C18H16F5N3O2. The normalized spacial score (nSPS) is 19.8. The molecule has 10 heteroatoms. The van der Waals surface area contributed by atoms with Gasteiger partial charge in [0.05, 0.1) is 24.1 Å². The summed E-state index contributed by atoms with van der Waals surface area (Å²) in [7, 11) is 0. The van der Waals surface area contributed by atoms with E-state index in [1.165, 1.54) is 6.20 Å². The van der Waals surface area contributed by atoms with Crippen LogP contribution in [0.5, 0.6) is 5.88 Å². The second-order valence-corrected chi connectivity index (χ2v) is 6.53. The summed E-state index contributed by atoms with van der Waals surface area (Å²) in [4.78, 5) is 20.0. The molecule has 150 valence electrons. The Morgan fingerprint density at radius 2 is 2.04 bits per heavy atom. The largest absolute Gasteiger partial charge is 0.467 e. The Bertz CT molecular complexity index is 857. The SMILES string of the molecule is C[C@@H](NC(=O)[C@@H]1C[C@H]1c1cc(F)ccc1F)c1cnc(OCC(F)(F)F)cn1. The smallest absolute Gasteiger partial charge is 0.422 e. The van der Waals surface area contributed by atoms with E-state index in [1.807, 2.05) is 0 Å². The van der Waals surface area contributed by atoms with E-state index in [-0.39, 0.29) is 17.4 Å². The van der Waals surface area contributed by atoms with Gasteiger partial charge in [0.25, 0.3) is 0 Å². The van der Waals surface area contributed by atoms with Crippen LogP contribution in [0.15, 0.2) is 30.6 Å². The predicted octanol–water partition coefficient (Wildman–Crippen LogP) is 3.68. The number of halogens is 5. The Hall–Kier alpha value is -2.78. The monoisotopic (exact) mass is 401 g/mol. The van der Waals surface area contributed by atoms with Crippen molar-refractivity contribution in [2.75, 3.05) is 6.61 Å². The summed E-state index contributed by atoms with van der Waals surface area (Å²) < 4.78 is 67.9. The first-order valence-electron chi connectivity index (χ1n) is 8.41. The number of hydrogen-bond acceptors (Lipinski definition) is 4. The Morgan fingerprint density at radius 3 is 2.68 bits per heavy atom. The number of nitrogens with zero attached hydrogens (tertiary/aromatic N) is 2. The molecule has 0 aliphatic heterocycles. The first kappa shape index (κ1) is 20.0. The fourth-order valence-corrected chi connectivity index (χ4v) is 2.80. The summed E-state index contributed by atoms with van der Waals surface area (Å²) in [6.07, 6.45) is -1.85. The summed E-state index contributed by atoms with van der Waals surface area (Å²) >= 11 is 0. The molecule has 1 heterocycles. The molecule has 3 atom stereocenters. The van der Waals surface area contributed by atoms with Crippen LogP contribution in [0.4, 0.5) is 22.0 Å². The average molecular weight is 401 g/mol. The average Bonchev–Trinajstić information content (AvgIpc) is 3.42. The molecule has 0 radical (unpaired) electrons. The maximum Gasteiger partial charge on any atom is 0.422 e. The van der Waals surface area contributed by atoms with Crippen molar-refractivity contribution in [3.63, 3.8) is 0 Å². The zero-order chi connectivity index (χ0) is 20.5. The number of ether oxygens (including phenoxy) is 1. The molecule has 2 aromatic rings. The fraction of sp³-hybridized carbons (Fsp3) is 0.389. The molecule has 0 spiro atoms. The van der Waals surface area contributed by atoms with Crippen LogP contribution in [-0.2, 0) is 4.79 Å². The molecule has 28 heavy (non-hydrogen) atoms. The third-order valence-electron chi connectivity index (χ3n) is 4.32. The molecule has 3 rings (SSSR count). The van der Waals surface area contributed by atoms with Gasteiger partial charge in [-0.2, -0.15) is 13.2 Å². The van der Waals surface area contributed by atoms with Crippen molar-refractivity contribution in [1.29, 1.82) is 0 Å². The van der Waals surface area contributed by atoms with Crippen LogP contribution < -0.4 is 10.1 Å². The molecule has 0 saturated heterocycles. The topological polar surface area (TPSA) is 64.1 Å². The van der Waals surface area contributed by atoms with Crippen LogP contribution in [0, 0.1) is 17.6 Å². The number of carbonyl (C=O) groups excluding carboxylic acids is 1. The van der Waals surface area contributed by atoms with E-state index in [0.29, 0.717) is 12.1 Å². The Labute approximate surface area is 156 Å². The number of aromatic nitrogens is 2. The number of alkyl halides is 3. The van der Waals surface area contributed by atoms with Gasteiger partial charge in [0.15, 0.2) is 6.61 Å². The van der Waals surface area contributed by atoms with Crippen LogP contribution in [0.25, 0.3) is 0 Å². The lowest BCUT2D eigenvalue weighted by molar-refractivity contribution is -0.154. The van der Waals surface area contributed by atoms with Crippen molar-refractivity contribution in [3.05, 3.63) is 53.5 Å². The van der Waals surface area contributed by atoms with E-state index in [4.69, 9.17) is 0 Å². The molecule has 1 N–H and O–H groups in total. The van der Waals surface area contributed by atoms with Gasteiger partial charge in [0, 0.05) is 5.92 Å². The highest BCUT2D eigenvalue weighted by Gasteiger charge is 2.45. The number of nitrogens with one attached hydrogen (secondary N) is 1. The summed E-state index contributed by atoms with van der Waals surface area (Å²) in [5.74, 6) is -2.65. The van der Waals surface area contributed by atoms with Gasteiger partial charge in [-0.15, -0.1) is 0 Å². The first-order chi connectivity index (χ1) is 13.1. The Balaban J connectivity index is 1.55. The molecule has 1 amide bonds. The van der Waals surface area contributed by atoms with E-state index in [0.717, 1.165) is 24.4 Å². The second-order valence-electron chi connectivity index (χ2n) is 6.53. The quantitative estimate of drug-likeness (QED) is 0.751. The molecule has 1 aliphatic rings. The van der Waals surface area contributed by atoms with Crippen LogP contribution in [0.2, 0.25) is 0 Å². The highest BCUT2D eigenvalue weighted by molar-refractivity contribution is 5.83. The van der Waals surface area contributed by atoms with Gasteiger partial charge in [-0.05, 0) is 43.0 Å². The molecule has 1 saturated carbocycles. The van der Waals surface area contributed by atoms with Crippen LogP contribution in [0.3, 0.4) is 0 Å². The van der Waals surface area contributed by atoms with Gasteiger partial charge in [0.2, 0.25) is 11.8 Å². The van der Waals surface area contributed by atoms with Gasteiger partial charge in [-0.3, -0.25) is 9.78 Å². The maximum absolute atomic E-state index is 13.8. The summed E-state index contributed by atoms with van der Waals surface area (Å²) in [6.45, 7) is 0.144. The van der Waals surface area contributed by atoms with Gasteiger partial charge >= 0.3 is 6.18 Å². The van der Waals surface area contributed by atoms with Crippen molar-refractivity contribution in [1.82, 2.24) is 15.3 Å². The lowest BCUT2D eigenvalue weighted by Crippen LogP contribution is -2.29. The zero-order valence-electron chi connectivity index (χ0n) is 14.6. The highest BCUT2D eigenvalue weighted by Crippen LogP contribution is 2.48. The molecule has 1 aliphatic carbocycles. The van der Waals surface area contributed by atoms with E-state index in [9.17, 15) is 26.7 Å². The van der Waals surface area contributed by atoms with Crippen molar-refractivity contribution in [2.45, 2.75) is 31.5 Å². The zero-order valence-corrected chi connectivity index (χ0v) is 14.6. The number of rotatable bonds is 6. The fourth-order valence-electron chi connectivity index (χ4n) is 2.80. The van der Waals surface area contributed by atoms with Gasteiger partial charge in [-0.1, -0.05) is 0 Å². The van der Waals surface area contributed by atoms with E-state index < -0.39 is 42.3 Å². The Kier molecular flexibility index (Phi) is 5.48. The molecule has 5 nitrogen and oxygen atoms in total. The van der Waals surface area contributed by atoms with E-state index >= 15 is 0 Å². The lowest BCUT2D eigenvalue weighted by atomic mass is 10.1. The van der Waals surface area contributed by atoms with Crippen LogP contribution >= 0.6 is 0 Å². The number of amides is 1. The molecular weight excluding hydrogens is 385 g/mol. The molecule has 1 aromatic heterocycles. The second kappa shape index (κ2) is 7.69. The van der Waals surface area contributed by atoms with E-state index in [1.54, 1.807) is 6.92 Å². The highest BCUT2D eigenvalue weighted by atomic mass is 19.4. The number of hydrogen-bond donors (Lipinski definition) is 1. The molecule has 1 aromatic carbocycles. The number of carbonyl (C=O) groups is 1. The van der Waals surface area contributed by atoms with Crippen molar-refractivity contribution in [2.24, 2.45) is 5.92 Å². The Morgan fingerprint density at radius 1 is 1.29 bits per heavy atom. The first-order valence-corrected chi connectivity index (χ1v) is 8.41. The maximum atomic E-state index is 13.8. The minimum Gasteiger partial charge on any atom is -0.467 e. The van der Waals surface area contributed by atoms with Crippen molar-refractivity contribution in [3.8, 4) is 5.88 Å². The molecule has 0 bridgehead atoms. The third-order valence-corrected chi connectivity index (χ3v) is 4.32. The minimum absolute atomic E-state index is 0.166. The summed E-state index contributed by atoms with van der Waals surface area (Å²) in [6, 6.07) is 2.55. The molecule has 1 fully saturated rings. The van der Waals surface area contributed by atoms with Gasteiger partial charge in [0.1, 0.15) is 11.6 Å². The standard InChI is InChI=1S/C18H16F5N3O2/c1-9(15-6-25-16(7-24-15)28-8-18(21,22)23)26-17(27)13-5-11(13)12-4-10(19)2-3-14(12)20/h2-4,6-7,9,11,13H,5,8H2,1H3,(H,26,27)/t9-,11+,13-/m1/s1. The van der Waals surface area contributed by atoms with Gasteiger partial charge in [-0.25, -0.2) is 13.8 Å². The van der Waals surface area contributed by atoms with Crippen LogP contribution in [-0.4, -0.2) is 28.7 Å². The minimum atomic E-state index is -4.48. The third kappa shape index (κ3) is 4.93. The lowest BCUT2D eigenvalue weighted by Gasteiger charge is -2.14. The van der Waals surface area contributed by atoms with Crippen molar-refractivity contribution >= 4 is 5.91 Å².